The molecule has 0 saturated heterocycles. The number of nitrogens with one attached hydrogen (secondary N) is 1. The molecule has 2 unspecified atom stereocenters. The second-order valence-corrected chi connectivity index (χ2v) is 4.48. The van der Waals surface area contributed by atoms with Gasteiger partial charge in [-0.2, -0.15) is 0 Å². The molecule has 1 N–H and O–H groups in total. The largest absolute Gasteiger partial charge is 0.491 e. The van der Waals surface area contributed by atoms with Crippen LogP contribution in [0.1, 0.15) is 34.1 Å². The average Bonchev–Trinajstić information content (AvgIpc) is 2.39. The summed E-state index contributed by atoms with van der Waals surface area (Å²) in [6, 6.07) is 7.23. The van der Waals surface area contributed by atoms with Crippen LogP contribution in [0.5, 0.6) is 5.75 Å². The maximum atomic E-state index is 11.5. The van der Waals surface area contributed by atoms with Gasteiger partial charge in [0.25, 0.3) is 0 Å². The molecule has 0 radical (unpaired) electrons. The number of carbonyl (C=O) groups is 1. The van der Waals surface area contributed by atoms with Gasteiger partial charge in [0.1, 0.15) is 11.8 Å². The zero-order chi connectivity index (χ0) is 14.3. The Balaban J connectivity index is 2.63. The second kappa shape index (κ2) is 7.67. The number of esters is 1. The van der Waals surface area contributed by atoms with Crippen LogP contribution in [0.25, 0.3) is 0 Å². The van der Waals surface area contributed by atoms with Crippen molar-refractivity contribution in [3.05, 3.63) is 24.3 Å². The minimum absolute atomic E-state index is 0.178. The molecule has 4 heteroatoms. The van der Waals surface area contributed by atoms with Crippen molar-refractivity contribution in [3.63, 3.8) is 0 Å². The van der Waals surface area contributed by atoms with Gasteiger partial charge in [-0.3, -0.25) is 0 Å². The van der Waals surface area contributed by atoms with Crippen molar-refractivity contribution in [3.8, 4) is 5.75 Å². The fourth-order valence-electron chi connectivity index (χ4n) is 1.55. The first-order valence-corrected chi connectivity index (χ1v) is 6.76. The molecule has 0 fully saturated rings. The molecule has 0 amide bonds. The van der Waals surface area contributed by atoms with Crippen LogP contribution in [0.15, 0.2) is 24.3 Å². The highest BCUT2D eigenvalue weighted by Gasteiger charge is 2.13. The fraction of sp³-hybridized carbons (Fsp3) is 0.533. The molecule has 19 heavy (non-hydrogen) atoms. The first-order chi connectivity index (χ1) is 9.06. The number of benzene rings is 1. The molecular formula is C15H23NO3. The van der Waals surface area contributed by atoms with Crippen LogP contribution in [0, 0.1) is 0 Å². The molecule has 0 spiro atoms. The number of anilines is 1. The van der Waals surface area contributed by atoms with Gasteiger partial charge in [0.2, 0.25) is 0 Å². The van der Waals surface area contributed by atoms with E-state index in [4.69, 9.17) is 9.47 Å². The Morgan fingerprint density at radius 2 is 2.05 bits per heavy atom. The Morgan fingerprint density at radius 3 is 2.68 bits per heavy atom. The predicted molar refractivity (Wildman–Crippen MR) is 76.5 cm³/mol. The Bertz CT molecular complexity index is 406. The first kappa shape index (κ1) is 15.3. The molecule has 2 atom stereocenters. The van der Waals surface area contributed by atoms with E-state index in [0.29, 0.717) is 6.61 Å². The third kappa shape index (κ3) is 5.20. The van der Waals surface area contributed by atoms with E-state index < -0.39 is 0 Å². The van der Waals surface area contributed by atoms with Crippen LogP contribution in [-0.2, 0) is 9.53 Å². The van der Waals surface area contributed by atoms with Crippen molar-refractivity contribution in [1.29, 1.82) is 0 Å². The van der Waals surface area contributed by atoms with Gasteiger partial charge in [-0.25, -0.2) is 4.79 Å². The molecule has 0 aliphatic rings. The Labute approximate surface area is 115 Å². The van der Waals surface area contributed by atoms with E-state index in [2.05, 4.69) is 12.2 Å². The van der Waals surface area contributed by atoms with E-state index in [1.54, 1.807) is 13.8 Å². The van der Waals surface area contributed by atoms with E-state index in [0.717, 1.165) is 17.9 Å². The standard InChI is InChI=1S/C15H23NO3/c1-5-11(3)19-14-9-7-8-13(10-14)16-12(4)15(17)18-6-2/h7-12,16H,5-6H2,1-4H3. The quantitative estimate of drug-likeness (QED) is 0.769. The van der Waals surface area contributed by atoms with E-state index in [1.165, 1.54) is 0 Å². The molecule has 0 aliphatic carbocycles. The summed E-state index contributed by atoms with van der Waals surface area (Å²) in [5, 5.41) is 3.10. The van der Waals surface area contributed by atoms with Crippen LogP contribution < -0.4 is 10.1 Å². The SMILES string of the molecule is CCOC(=O)C(C)Nc1cccc(OC(C)CC)c1. The van der Waals surface area contributed by atoms with Crippen LogP contribution in [0.4, 0.5) is 5.69 Å². The summed E-state index contributed by atoms with van der Waals surface area (Å²) in [6.07, 6.45) is 1.13. The molecule has 1 rings (SSSR count). The van der Waals surface area contributed by atoms with Gasteiger partial charge in [-0.05, 0) is 39.3 Å². The fourth-order valence-corrected chi connectivity index (χ4v) is 1.55. The van der Waals surface area contributed by atoms with Gasteiger partial charge < -0.3 is 14.8 Å². The van der Waals surface area contributed by atoms with Crippen molar-refractivity contribution in [1.82, 2.24) is 0 Å². The second-order valence-electron chi connectivity index (χ2n) is 4.48. The molecule has 0 aliphatic heterocycles. The lowest BCUT2D eigenvalue weighted by Gasteiger charge is -2.16. The lowest BCUT2D eigenvalue weighted by atomic mass is 10.2. The summed E-state index contributed by atoms with van der Waals surface area (Å²) in [7, 11) is 0. The number of rotatable bonds is 7. The molecule has 106 valence electrons. The van der Waals surface area contributed by atoms with Crippen LogP contribution in [0.2, 0.25) is 0 Å². The molecule has 0 aromatic heterocycles. The van der Waals surface area contributed by atoms with Crippen molar-refractivity contribution in [2.45, 2.75) is 46.3 Å². The zero-order valence-electron chi connectivity index (χ0n) is 12.1. The molecule has 1 aromatic carbocycles. The van der Waals surface area contributed by atoms with E-state index >= 15 is 0 Å². The monoisotopic (exact) mass is 265 g/mol. The van der Waals surface area contributed by atoms with Crippen molar-refractivity contribution >= 4 is 11.7 Å². The van der Waals surface area contributed by atoms with Crippen LogP contribution in [0.3, 0.4) is 0 Å². The number of carbonyl (C=O) groups excluding carboxylic acids is 1. The van der Waals surface area contributed by atoms with Crippen LogP contribution >= 0.6 is 0 Å². The third-order valence-electron chi connectivity index (χ3n) is 2.77. The van der Waals surface area contributed by atoms with Crippen molar-refractivity contribution < 1.29 is 14.3 Å². The molecule has 0 bridgehead atoms. The van der Waals surface area contributed by atoms with Gasteiger partial charge in [-0.1, -0.05) is 13.0 Å². The lowest BCUT2D eigenvalue weighted by molar-refractivity contribution is -0.143. The summed E-state index contributed by atoms with van der Waals surface area (Å²) in [5.41, 5.74) is 0.848. The van der Waals surface area contributed by atoms with Gasteiger partial charge in [-0.15, -0.1) is 0 Å². The molecule has 4 nitrogen and oxygen atoms in total. The maximum Gasteiger partial charge on any atom is 0.328 e. The Kier molecular flexibility index (Phi) is 6.19. The molecule has 0 saturated carbocycles. The van der Waals surface area contributed by atoms with Crippen molar-refractivity contribution in [2.75, 3.05) is 11.9 Å². The topological polar surface area (TPSA) is 47.6 Å². The summed E-state index contributed by atoms with van der Waals surface area (Å²) >= 11 is 0. The predicted octanol–water partition coefficient (Wildman–Crippen LogP) is 3.23. The number of hydrogen-bond acceptors (Lipinski definition) is 4. The number of hydrogen-bond donors (Lipinski definition) is 1. The highest BCUT2D eigenvalue weighted by Crippen LogP contribution is 2.20. The average molecular weight is 265 g/mol. The normalized spacial score (nSPS) is 13.5. The zero-order valence-corrected chi connectivity index (χ0v) is 12.1. The minimum Gasteiger partial charge on any atom is -0.491 e. The number of ether oxygens (including phenoxy) is 2. The lowest BCUT2D eigenvalue weighted by Crippen LogP contribution is -2.28. The van der Waals surface area contributed by atoms with Crippen molar-refractivity contribution in [2.24, 2.45) is 0 Å². The van der Waals surface area contributed by atoms with E-state index in [1.807, 2.05) is 31.2 Å². The maximum absolute atomic E-state index is 11.5. The van der Waals surface area contributed by atoms with Gasteiger partial charge in [0, 0.05) is 11.8 Å². The summed E-state index contributed by atoms with van der Waals surface area (Å²) in [4.78, 5) is 11.5. The summed E-state index contributed by atoms with van der Waals surface area (Å²) in [6.45, 7) is 8.07. The highest BCUT2D eigenvalue weighted by molar-refractivity contribution is 5.78. The molecule has 1 aromatic rings. The molecule has 0 heterocycles. The van der Waals surface area contributed by atoms with Gasteiger partial charge >= 0.3 is 5.97 Å². The summed E-state index contributed by atoms with van der Waals surface area (Å²) in [5.74, 6) is 0.547. The third-order valence-corrected chi connectivity index (χ3v) is 2.77. The van der Waals surface area contributed by atoms with Crippen LogP contribution in [-0.4, -0.2) is 24.7 Å². The minimum atomic E-state index is -0.376. The highest BCUT2D eigenvalue weighted by atomic mass is 16.5. The first-order valence-electron chi connectivity index (χ1n) is 6.76. The van der Waals surface area contributed by atoms with E-state index in [9.17, 15) is 4.79 Å². The van der Waals surface area contributed by atoms with Gasteiger partial charge in [0.05, 0.1) is 12.7 Å². The van der Waals surface area contributed by atoms with Gasteiger partial charge in [0.15, 0.2) is 0 Å². The summed E-state index contributed by atoms with van der Waals surface area (Å²) < 4.78 is 10.7. The Morgan fingerprint density at radius 1 is 1.32 bits per heavy atom. The smallest absolute Gasteiger partial charge is 0.328 e. The molecular weight excluding hydrogens is 242 g/mol. The van der Waals surface area contributed by atoms with E-state index in [-0.39, 0.29) is 18.1 Å². The Hall–Kier alpha value is -1.71.